The van der Waals surface area contributed by atoms with Crippen LogP contribution in [0.1, 0.15) is 16.8 Å². The molecule has 5 nitrogen and oxygen atoms in total. The predicted molar refractivity (Wildman–Crippen MR) is 94.0 cm³/mol. The Bertz CT molecular complexity index is 982. The molecule has 1 aliphatic rings. The van der Waals surface area contributed by atoms with Gasteiger partial charge in [0.15, 0.2) is 0 Å². The van der Waals surface area contributed by atoms with E-state index in [9.17, 15) is 4.79 Å². The van der Waals surface area contributed by atoms with E-state index in [1.165, 1.54) is 4.68 Å². The molecule has 3 aromatic rings. The van der Waals surface area contributed by atoms with Crippen LogP contribution in [0.3, 0.4) is 0 Å². The molecule has 1 aromatic carbocycles. The first-order chi connectivity index (χ1) is 11.6. The third-order valence-corrected chi connectivity index (χ3v) is 4.84. The fourth-order valence-corrected chi connectivity index (χ4v) is 3.47. The minimum Gasteiger partial charge on any atom is -0.294 e. The van der Waals surface area contributed by atoms with Crippen LogP contribution in [0.25, 0.3) is 10.9 Å². The Balaban J connectivity index is 1.64. The van der Waals surface area contributed by atoms with Crippen molar-refractivity contribution >= 4 is 22.5 Å². The van der Waals surface area contributed by atoms with Gasteiger partial charge in [0.2, 0.25) is 0 Å². The van der Waals surface area contributed by atoms with Crippen LogP contribution in [-0.2, 0) is 26.6 Å². The van der Waals surface area contributed by atoms with Crippen LogP contribution in [0, 0.1) is 0 Å². The number of halogens is 1. The highest BCUT2D eigenvalue weighted by Gasteiger charge is 2.19. The second kappa shape index (κ2) is 6.00. The monoisotopic (exact) mass is 340 g/mol. The van der Waals surface area contributed by atoms with Gasteiger partial charge >= 0.3 is 0 Å². The SMILES string of the molecule is Cn1nc2c(cc1=O)CN(Cc1ccc(Cl)c3cccnc13)CC2. The summed E-state index contributed by atoms with van der Waals surface area (Å²) in [5.74, 6) is 0. The molecule has 0 bridgehead atoms. The number of rotatable bonds is 2. The molecule has 6 heteroatoms. The Morgan fingerprint density at radius 1 is 1.29 bits per heavy atom. The molecule has 122 valence electrons. The van der Waals surface area contributed by atoms with Gasteiger partial charge in [-0.1, -0.05) is 17.7 Å². The van der Waals surface area contributed by atoms with Gasteiger partial charge in [0.1, 0.15) is 0 Å². The maximum absolute atomic E-state index is 11.8. The molecule has 1 aliphatic heterocycles. The zero-order chi connectivity index (χ0) is 16.7. The fraction of sp³-hybridized carbons (Fsp3) is 0.278. The van der Waals surface area contributed by atoms with Crippen molar-refractivity contribution in [2.75, 3.05) is 6.54 Å². The molecule has 3 heterocycles. The minimum atomic E-state index is -0.0609. The van der Waals surface area contributed by atoms with Gasteiger partial charge in [-0.25, -0.2) is 4.68 Å². The van der Waals surface area contributed by atoms with Crippen molar-refractivity contribution in [1.82, 2.24) is 19.7 Å². The van der Waals surface area contributed by atoms with Crippen LogP contribution in [0.15, 0.2) is 41.3 Å². The van der Waals surface area contributed by atoms with E-state index in [1.807, 2.05) is 24.3 Å². The summed E-state index contributed by atoms with van der Waals surface area (Å²) in [4.78, 5) is 18.6. The Kier molecular flexibility index (Phi) is 3.82. The van der Waals surface area contributed by atoms with Crippen molar-refractivity contribution in [3.05, 3.63) is 68.7 Å². The zero-order valence-electron chi connectivity index (χ0n) is 13.4. The largest absolute Gasteiger partial charge is 0.294 e. The van der Waals surface area contributed by atoms with Gasteiger partial charge in [-0.15, -0.1) is 0 Å². The number of hydrogen-bond acceptors (Lipinski definition) is 4. The first-order valence-corrected chi connectivity index (χ1v) is 8.30. The average Bonchev–Trinajstić information content (AvgIpc) is 2.59. The maximum Gasteiger partial charge on any atom is 0.266 e. The third-order valence-electron chi connectivity index (χ3n) is 4.51. The van der Waals surface area contributed by atoms with Gasteiger partial charge in [0.25, 0.3) is 5.56 Å². The van der Waals surface area contributed by atoms with Crippen molar-refractivity contribution in [3.8, 4) is 0 Å². The number of benzene rings is 1. The molecule has 2 aromatic heterocycles. The molecule has 0 atom stereocenters. The van der Waals surface area contributed by atoms with Crippen LogP contribution in [-0.4, -0.2) is 26.2 Å². The summed E-state index contributed by atoms with van der Waals surface area (Å²) < 4.78 is 1.41. The van der Waals surface area contributed by atoms with Crippen molar-refractivity contribution in [3.63, 3.8) is 0 Å². The van der Waals surface area contributed by atoms with Gasteiger partial charge in [-0.05, 0) is 29.3 Å². The molecule has 0 fully saturated rings. The Morgan fingerprint density at radius 3 is 3.04 bits per heavy atom. The van der Waals surface area contributed by atoms with Gasteiger partial charge in [0.05, 0.1) is 11.2 Å². The zero-order valence-corrected chi connectivity index (χ0v) is 14.1. The first-order valence-electron chi connectivity index (χ1n) is 7.92. The van der Waals surface area contributed by atoms with Crippen molar-refractivity contribution < 1.29 is 0 Å². The fourth-order valence-electron chi connectivity index (χ4n) is 3.25. The first kappa shape index (κ1) is 15.3. The van der Waals surface area contributed by atoms with Crippen LogP contribution >= 0.6 is 11.6 Å². The molecular formula is C18H17ClN4O. The molecule has 0 radical (unpaired) electrons. The summed E-state index contributed by atoms with van der Waals surface area (Å²) in [5.41, 5.74) is 4.07. The molecule has 24 heavy (non-hydrogen) atoms. The van der Waals surface area contributed by atoms with E-state index in [0.29, 0.717) is 0 Å². The van der Waals surface area contributed by atoms with Crippen molar-refractivity contribution in [2.24, 2.45) is 7.05 Å². The van der Waals surface area contributed by atoms with E-state index in [-0.39, 0.29) is 5.56 Å². The summed E-state index contributed by atoms with van der Waals surface area (Å²) in [6.07, 6.45) is 2.64. The number of pyridine rings is 1. The molecule has 0 saturated carbocycles. The predicted octanol–water partition coefficient (Wildman–Crippen LogP) is 2.54. The normalized spacial score (nSPS) is 14.8. The molecule has 0 saturated heterocycles. The number of nitrogens with zero attached hydrogens (tertiary/aromatic N) is 4. The van der Waals surface area contributed by atoms with E-state index >= 15 is 0 Å². The Morgan fingerprint density at radius 2 is 2.17 bits per heavy atom. The molecule has 0 amide bonds. The second-order valence-corrected chi connectivity index (χ2v) is 6.55. The Labute approximate surface area is 144 Å². The highest BCUT2D eigenvalue weighted by Crippen LogP contribution is 2.26. The maximum atomic E-state index is 11.8. The summed E-state index contributed by atoms with van der Waals surface area (Å²) >= 11 is 6.27. The van der Waals surface area contributed by atoms with Crippen LogP contribution in [0.2, 0.25) is 5.02 Å². The van der Waals surface area contributed by atoms with Gasteiger partial charge < -0.3 is 0 Å². The van der Waals surface area contributed by atoms with E-state index in [4.69, 9.17) is 11.6 Å². The molecule has 0 spiro atoms. The van der Waals surface area contributed by atoms with Crippen LogP contribution in [0.5, 0.6) is 0 Å². The molecule has 0 N–H and O–H groups in total. The summed E-state index contributed by atoms with van der Waals surface area (Å²) in [5, 5.41) is 6.06. The van der Waals surface area contributed by atoms with E-state index in [2.05, 4.69) is 15.0 Å². The number of aryl methyl sites for hydroxylation is 1. The number of hydrogen-bond donors (Lipinski definition) is 0. The lowest BCUT2D eigenvalue weighted by molar-refractivity contribution is 0.242. The minimum absolute atomic E-state index is 0.0609. The quantitative estimate of drug-likeness (QED) is 0.719. The van der Waals surface area contributed by atoms with Gasteiger partial charge in [0, 0.05) is 55.8 Å². The van der Waals surface area contributed by atoms with Crippen LogP contribution < -0.4 is 5.56 Å². The lowest BCUT2D eigenvalue weighted by atomic mass is 10.0. The van der Waals surface area contributed by atoms with Crippen LogP contribution in [0.4, 0.5) is 0 Å². The average molecular weight is 341 g/mol. The topological polar surface area (TPSA) is 51.0 Å². The highest BCUT2D eigenvalue weighted by molar-refractivity contribution is 6.35. The van der Waals surface area contributed by atoms with E-state index in [0.717, 1.165) is 58.8 Å². The lowest BCUT2D eigenvalue weighted by Gasteiger charge is -2.28. The molecular weight excluding hydrogens is 324 g/mol. The highest BCUT2D eigenvalue weighted by atomic mass is 35.5. The molecule has 0 unspecified atom stereocenters. The van der Waals surface area contributed by atoms with Gasteiger partial charge in [-0.3, -0.25) is 14.7 Å². The smallest absolute Gasteiger partial charge is 0.266 e. The van der Waals surface area contributed by atoms with Gasteiger partial charge in [-0.2, -0.15) is 5.10 Å². The van der Waals surface area contributed by atoms with Crippen molar-refractivity contribution in [2.45, 2.75) is 19.5 Å². The van der Waals surface area contributed by atoms with E-state index < -0.39 is 0 Å². The summed E-state index contributed by atoms with van der Waals surface area (Å²) in [6, 6.07) is 9.56. The number of fused-ring (bicyclic) bond motifs is 2. The standard InChI is InChI=1S/C18H17ClN4O/c1-22-17(24)9-13-11-23(8-6-16(13)21-22)10-12-4-5-15(19)14-3-2-7-20-18(12)14/h2-5,7,9H,6,8,10-11H2,1H3. The van der Waals surface area contributed by atoms with E-state index in [1.54, 1.807) is 19.3 Å². The molecule has 0 aliphatic carbocycles. The molecule has 4 rings (SSSR count). The Hall–Kier alpha value is -2.24. The lowest BCUT2D eigenvalue weighted by Crippen LogP contribution is -2.34. The van der Waals surface area contributed by atoms with Crippen molar-refractivity contribution in [1.29, 1.82) is 0 Å². The summed E-state index contributed by atoms with van der Waals surface area (Å²) in [6.45, 7) is 2.42. The second-order valence-electron chi connectivity index (χ2n) is 6.14. The summed E-state index contributed by atoms with van der Waals surface area (Å²) in [7, 11) is 1.69. The third kappa shape index (κ3) is 2.70. The number of aromatic nitrogens is 3.